The molecule has 2 aliphatic heterocycles. The van der Waals surface area contributed by atoms with Crippen molar-refractivity contribution in [2.75, 3.05) is 6.61 Å². The van der Waals surface area contributed by atoms with Gasteiger partial charge in [0.25, 0.3) is 0 Å². The number of cyclic esters (lactones) is 1. The van der Waals surface area contributed by atoms with Gasteiger partial charge >= 0.3 is 17.9 Å². The lowest BCUT2D eigenvalue weighted by Crippen LogP contribution is -2.67. The minimum atomic E-state index is -1.19. The summed E-state index contributed by atoms with van der Waals surface area (Å²) in [5.74, 6) is -0.360. The van der Waals surface area contributed by atoms with Crippen LogP contribution in [0.15, 0.2) is 11.6 Å². The predicted octanol–water partition coefficient (Wildman–Crippen LogP) is 2.83. The molecule has 5 fully saturated rings. The van der Waals surface area contributed by atoms with Gasteiger partial charge in [-0.15, -0.1) is 0 Å². The first kappa shape index (κ1) is 20.7. The third-order valence-corrected chi connectivity index (χ3v) is 10.4. The van der Waals surface area contributed by atoms with Gasteiger partial charge in [-0.2, -0.15) is 0 Å². The van der Waals surface area contributed by atoms with Gasteiger partial charge in [-0.3, -0.25) is 9.59 Å². The Morgan fingerprint density at radius 1 is 1.09 bits per heavy atom. The van der Waals surface area contributed by atoms with E-state index < -0.39 is 16.6 Å². The molecule has 2 heterocycles. The van der Waals surface area contributed by atoms with Crippen LogP contribution in [0.25, 0.3) is 0 Å². The summed E-state index contributed by atoms with van der Waals surface area (Å²) in [5, 5.41) is 11.9. The van der Waals surface area contributed by atoms with Crippen LogP contribution in [0.3, 0.4) is 0 Å². The normalized spacial score (nSPS) is 51.2. The molecular weight excluding hydrogens is 412 g/mol. The van der Waals surface area contributed by atoms with Crippen LogP contribution in [0.5, 0.6) is 0 Å². The molecule has 4 aliphatic carbocycles. The Morgan fingerprint density at radius 3 is 2.62 bits per heavy atom. The fourth-order valence-corrected chi connectivity index (χ4v) is 9.27. The van der Waals surface area contributed by atoms with Crippen molar-refractivity contribution in [1.82, 2.24) is 0 Å². The van der Waals surface area contributed by atoms with E-state index in [4.69, 9.17) is 14.2 Å². The first-order valence-corrected chi connectivity index (χ1v) is 12.1. The first-order chi connectivity index (χ1) is 15.1. The Morgan fingerprint density at radius 2 is 1.91 bits per heavy atom. The summed E-state index contributed by atoms with van der Waals surface area (Å²) in [7, 11) is 0. The molecular formula is C25H32O7. The van der Waals surface area contributed by atoms with Crippen molar-refractivity contribution in [2.24, 2.45) is 28.6 Å². The number of fused-ring (bicyclic) bond motifs is 1. The van der Waals surface area contributed by atoms with Crippen molar-refractivity contribution < 1.29 is 33.7 Å². The second kappa shape index (κ2) is 6.37. The largest absolute Gasteiger partial charge is 0.462 e. The zero-order valence-electron chi connectivity index (χ0n) is 18.9. The van der Waals surface area contributed by atoms with Gasteiger partial charge < -0.3 is 19.3 Å². The molecule has 2 bridgehead atoms. The Hall–Kier alpha value is -1.89. The fraction of sp³-hybridized carbons (Fsp3) is 0.800. The highest BCUT2D eigenvalue weighted by Crippen LogP contribution is 2.75. The van der Waals surface area contributed by atoms with Crippen molar-refractivity contribution in [3.63, 3.8) is 0 Å². The molecule has 174 valence electrons. The van der Waals surface area contributed by atoms with E-state index in [2.05, 4.69) is 6.92 Å². The smallest absolute Gasteiger partial charge is 0.331 e. The topological polar surface area (TPSA) is 99.1 Å². The molecule has 6 rings (SSSR count). The van der Waals surface area contributed by atoms with Crippen molar-refractivity contribution in [3.8, 4) is 0 Å². The second-order valence-electron chi connectivity index (χ2n) is 11.4. The average Bonchev–Trinajstić information content (AvgIpc) is 3.34. The third-order valence-electron chi connectivity index (χ3n) is 10.4. The molecule has 0 aromatic rings. The molecule has 7 unspecified atom stereocenters. The van der Waals surface area contributed by atoms with E-state index in [1.54, 1.807) is 6.08 Å². The van der Waals surface area contributed by atoms with E-state index in [1.165, 1.54) is 6.92 Å². The number of ether oxygens (including phenoxy) is 3. The van der Waals surface area contributed by atoms with E-state index in [1.807, 2.05) is 0 Å². The molecule has 7 nitrogen and oxygen atoms in total. The van der Waals surface area contributed by atoms with Gasteiger partial charge in [-0.05, 0) is 68.3 Å². The molecule has 6 aliphatic rings. The quantitative estimate of drug-likeness (QED) is 0.516. The maximum Gasteiger partial charge on any atom is 0.331 e. The van der Waals surface area contributed by atoms with Crippen LogP contribution in [0.4, 0.5) is 0 Å². The van der Waals surface area contributed by atoms with E-state index in [0.717, 1.165) is 31.3 Å². The summed E-state index contributed by atoms with van der Waals surface area (Å²) in [6, 6.07) is 0. The van der Waals surface area contributed by atoms with Gasteiger partial charge in [-0.1, -0.05) is 6.92 Å². The number of carbonyl (C=O) groups is 3. The van der Waals surface area contributed by atoms with E-state index in [9.17, 15) is 19.5 Å². The second-order valence-corrected chi connectivity index (χ2v) is 11.4. The lowest BCUT2D eigenvalue weighted by molar-refractivity contribution is -0.218. The van der Waals surface area contributed by atoms with Gasteiger partial charge in [0.15, 0.2) is 0 Å². The Kier molecular flexibility index (Phi) is 4.12. The SMILES string of the molecule is CC(=O)OC1CCC23C(=O)OC4(CCC2(O)C1)C1CC[C@@H](C2=CC(=O)OC2)C1(C)CCC43. The highest BCUT2D eigenvalue weighted by Gasteiger charge is 2.80. The van der Waals surface area contributed by atoms with Crippen molar-refractivity contribution in [2.45, 2.75) is 88.9 Å². The lowest BCUT2D eigenvalue weighted by atomic mass is 9.42. The van der Waals surface area contributed by atoms with Crippen LogP contribution < -0.4 is 0 Å². The maximum absolute atomic E-state index is 13.6. The molecule has 1 saturated heterocycles. The summed E-state index contributed by atoms with van der Waals surface area (Å²) in [4.78, 5) is 36.9. The van der Waals surface area contributed by atoms with Crippen LogP contribution in [-0.2, 0) is 28.6 Å². The molecule has 0 aromatic carbocycles. The monoisotopic (exact) mass is 444 g/mol. The minimum absolute atomic E-state index is 0.00760. The summed E-state index contributed by atoms with van der Waals surface area (Å²) in [6.07, 6.45) is 7.58. The zero-order valence-corrected chi connectivity index (χ0v) is 18.9. The Bertz CT molecular complexity index is 941. The van der Waals surface area contributed by atoms with Crippen LogP contribution in [0.1, 0.15) is 71.6 Å². The maximum atomic E-state index is 13.6. The van der Waals surface area contributed by atoms with E-state index in [-0.39, 0.29) is 47.2 Å². The Labute approximate surface area is 187 Å². The summed E-state index contributed by atoms with van der Waals surface area (Å²) >= 11 is 0. The highest BCUT2D eigenvalue weighted by atomic mass is 16.6. The molecule has 32 heavy (non-hydrogen) atoms. The van der Waals surface area contributed by atoms with Crippen molar-refractivity contribution in [1.29, 1.82) is 0 Å². The van der Waals surface area contributed by atoms with E-state index >= 15 is 0 Å². The molecule has 7 heteroatoms. The lowest BCUT2D eigenvalue weighted by Gasteiger charge is -2.61. The standard InChI is InChI=1S/C25H32O7/c1-14(26)31-16-5-8-24-19-6-7-22(2)17(15-11-20(27)30-13-15)3-4-18(22)25(19,32-21(24)28)10-9-23(24,29)12-16/h11,16-19,29H,3-10,12-13H2,1-2H3/t16?,17-,18?,19?,22?,23?,24?,25?/m0/s1. The number of aliphatic hydroxyl groups is 1. The van der Waals surface area contributed by atoms with E-state index in [0.29, 0.717) is 38.7 Å². The first-order valence-electron chi connectivity index (χ1n) is 12.1. The molecule has 0 aromatic heterocycles. The summed E-state index contributed by atoms with van der Waals surface area (Å²) in [5.41, 5.74) is -1.58. The predicted molar refractivity (Wildman–Crippen MR) is 111 cm³/mol. The molecule has 4 saturated carbocycles. The molecule has 0 radical (unpaired) electrons. The third kappa shape index (κ3) is 2.33. The number of carbonyl (C=O) groups excluding carboxylic acids is 3. The van der Waals surface area contributed by atoms with Gasteiger partial charge in [-0.25, -0.2) is 4.79 Å². The Balaban J connectivity index is 1.35. The number of hydrogen-bond acceptors (Lipinski definition) is 7. The zero-order chi connectivity index (χ0) is 22.5. The molecule has 1 N–H and O–H groups in total. The molecule has 0 amide bonds. The van der Waals surface area contributed by atoms with Crippen LogP contribution in [0, 0.1) is 28.6 Å². The minimum Gasteiger partial charge on any atom is -0.462 e. The van der Waals surface area contributed by atoms with Crippen LogP contribution in [0.2, 0.25) is 0 Å². The van der Waals surface area contributed by atoms with Crippen LogP contribution >= 0.6 is 0 Å². The molecule has 1 spiro atoms. The highest BCUT2D eigenvalue weighted by molar-refractivity contribution is 5.85. The molecule has 8 atom stereocenters. The number of esters is 3. The van der Waals surface area contributed by atoms with Gasteiger partial charge in [0, 0.05) is 31.3 Å². The number of rotatable bonds is 2. The summed E-state index contributed by atoms with van der Waals surface area (Å²) in [6.45, 7) is 4.07. The average molecular weight is 445 g/mol. The summed E-state index contributed by atoms with van der Waals surface area (Å²) < 4.78 is 17.1. The van der Waals surface area contributed by atoms with Gasteiger partial charge in [0.1, 0.15) is 23.7 Å². The number of hydrogen-bond donors (Lipinski definition) is 1. The van der Waals surface area contributed by atoms with Crippen LogP contribution in [-0.4, -0.2) is 46.9 Å². The van der Waals surface area contributed by atoms with Gasteiger partial charge in [0.2, 0.25) is 0 Å². The van der Waals surface area contributed by atoms with Crippen molar-refractivity contribution >= 4 is 17.9 Å². The van der Waals surface area contributed by atoms with Crippen molar-refractivity contribution in [3.05, 3.63) is 11.6 Å². The van der Waals surface area contributed by atoms with Gasteiger partial charge in [0.05, 0.1) is 5.60 Å². The fourth-order valence-electron chi connectivity index (χ4n) is 9.27.